The molecule has 9 nitrogen and oxygen atoms in total. The first kappa shape index (κ1) is 30.7. The highest BCUT2D eigenvalue weighted by molar-refractivity contribution is 5.91. The van der Waals surface area contributed by atoms with E-state index in [1.165, 1.54) is 6.08 Å². The molecule has 0 bridgehead atoms. The first-order valence-electron chi connectivity index (χ1n) is 12.3. The first-order chi connectivity index (χ1) is 16.8. The molecule has 0 aliphatic heterocycles. The second kappa shape index (κ2) is 14.9. The molecule has 1 aromatic carbocycles. The molecule has 0 aliphatic carbocycles. The molecule has 0 saturated heterocycles. The Morgan fingerprint density at radius 2 is 1.58 bits per heavy atom. The topological polar surface area (TPSA) is 123 Å². The van der Waals surface area contributed by atoms with Gasteiger partial charge in [0.15, 0.2) is 0 Å². The van der Waals surface area contributed by atoms with E-state index in [1.54, 1.807) is 40.7 Å². The molecular formula is C27H41N3O6. The van der Waals surface area contributed by atoms with Crippen molar-refractivity contribution in [1.29, 1.82) is 0 Å². The van der Waals surface area contributed by atoms with Crippen molar-refractivity contribution in [3.05, 3.63) is 48.0 Å². The van der Waals surface area contributed by atoms with E-state index in [0.717, 1.165) is 5.56 Å². The van der Waals surface area contributed by atoms with E-state index in [0.29, 0.717) is 6.42 Å². The summed E-state index contributed by atoms with van der Waals surface area (Å²) < 4.78 is 10.2. The van der Waals surface area contributed by atoms with E-state index in [4.69, 9.17) is 9.47 Å². The molecule has 0 unspecified atom stereocenters. The third kappa shape index (κ3) is 12.9. The van der Waals surface area contributed by atoms with Crippen LogP contribution in [0.5, 0.6) is 0 Å². The highest BCUT2D eigenvalue weighted by atomic mass is 16.6. The van der Waals surface area contributed by atoms with Crippen LogP contribution in [-0.4, -0.2) is 54.2 Å². The Morgan fingerprint density at radius 1 is 0.944 bits per heavy atom. The molecule has 0 spiro atoms. The molecule has 0 aromatic heterocycles. The monoisotopic (exact) mass is 503 g/mol. The zero-order chi connectivity index (χ0) is 27.3. The zero-order valence-corrected chi connectivity index (χ0v) is 22.4. The van der Waals surface area contributed by atoms with E-state index in [-0.39, 0.29) is 18.9 Å². The van der Waals surface area contributed by atoms with Crippen LogP contribution in [0.1, 0.15) is 60.5 Å². The van der Waals surface area contributed by atoms with E-state index in [9.17, 15) is 19.2 Å². The fourth-order valence-corrected chi connectivity index (χ4v) is 3.27. The van der Waals surface area contributed by atoms with Gasteiger partial charge in [0.1, 0.15) is 17.7 Å². The number of carbonyl (C=O) groups excluding carboxylic acids is 4. The molecular weight excluding hydrogens is 462 g/mol. The largest absolute Gasteiger partial charge is 0.463 e. The summed E-state index contributed by atoms with van der Waals surface area (Å²) in [6, 6.07) is 6.98. The summed E-state index contributed by atoms with van der Waals surface area (Å²) >= 11 is 0. The number of ether oxygens (including phenoxy) is 2. The summed E-state index contributed by atoms with van der Waals surface area (Å²) in [5.41, 5.74) is 0.111. The zero-order valence-electron chi connectivity index (χ0n) is 22.4. The van der Waals surface area contributed by atoms with Gasteiger partial charge < -0.3 is 25.4 Å². The minimum atomic E-state index is -0.951. The summed E-state index contributed by atoms with van der Waals surface area (Å²) in [6.45, 7) is 12.7. The van der Waals surface area contributed by atoms with Gasteiger partial charge in [-0.1, -0.05) is 50.3 Å². The third-order valence-corrected chi connectivity index (χ3v) is 4.85. The van der Waals surface area contributed by atoms with Gasteiger partial charge in [-0.25, -0.2) is 9.59 Å². The van der Waals surface area contributed by atoms with Gasteiger partial charge >= 0.3 is 12.1 Å². The molecule has 0 fully saturated rings. The minimum Gasteiger partial charge on any atom is -0.463 e. The number of hydrogen-bond acceptors (Lipinski definition) is 6. The molecule has 0 radical (unpaired) electrons. The SMILES string of the molecule is CCOC(=O)/C=C/[C@H](CC(C)C)NC(=O)[C@H](C)NC(=O)[C@H](Cc1ccccc1)NC(=O)OC(C)(C)C. The highest BCUT2D eigenvalue weighted by Gasteiger charge is 2.27. The Morgan fingerprint density at radius 3 is 2.14 bits per heavy atom. The van der Waals surface area contributed by atoms with Gasteiger partial charge in [-0.2, -0.15) is 0 Å². The van der Waals surface area contributed by atoms with Crippen molar-refractivity contribution in [3.63, 3.8) is 0 Å². The molecule has 0 aliphatic rings. The molecule has 1 aromatic rings. The summed E-state index contributed by atoms with van der Waals surface area (Å²) in [5, 5.41) is 8.14. The van der Waals surface area contributed by atoms with Crippen LogP contribution in [0.15, 0.2) is 42.5 Å². The van der Waals surface area contributed by atoms with Crippen LogP contribution < -0.4 is 16.0 Å². The van der Waals surface area contributed by atoms with Crippen LogP contribution in [-0.2, 0) is 30.3 Å². The third-order valence-electron chi connectivity index (χ3n) is 4.85. The van der Waals surface area contributed by atoms with Gasteiger partial charge in [-0.05, 0) is 52.5 Å². The minimum absolute atomic E-state index is 0.221. The molecule has 0 heterocycles. The van der Waals surface area contributed by atoms with Gasteiger partial charge in [0.05, 0.1) is 6.61 Å². The summed E-state index contributed by atoms with van der Waals surface area (Å²) in [7, 11) is 0. The average molecular weight is 504 g/mol. The number of hydrogen-bond donors (Lipinski definition) is 3. The molecule has 200 valence electrons. The van der Waals surface area contributed by atoms with Gasteiger partial charge in [-0.15, -0.1) is 0 Å². The lowest BCUT2D eigenvalue weighted by molar-refractivity contribution is -0.137. The maximum atomic E-state index is 13.1. The van der Waals surface area contributed by atoms with E-state index in [1.807, 2.05) is 44.2 Å². The van der Waals surface area contributed by atoms with Gasteiger partial charge in [0, 0.05) is 18.5 Å². The lowest BCUT2D eigenvalue weighted by Gasteiger charge is -2.25. The van der Waals surface area contributed by atoms with Crippen molar-refractivity contribution in [2.24, 2.45) is 5.92 Å². The standard InChI is InChI=1S/C27H41N3O6/c1-8-35-23(31)15-14-21(16-18(2)3)29-24(32)19(4)28-25(33)22(17-20-12-10-9-11-13-20)30-26(34)36-27(5,6)7/h9-15,18-19,21-22H,8,16-17H2,1-7H3,(H,28,33)(H,29,32)(H,30,34)/b15-14+/t19-,21+,22-/m0/s1. The van der Waals surface area contributed by atoms with E-state index in [2.05, 4.69) is 16.0 Å². The molecule has 0 saturated carbocycles. The van der Waals surface area contributed by atoms with Crippen molar-refractivity contribution in [1.82, 2.24) is 16.0 Å². The summed E-state index contributed by atoms with van der Waals surface area (Å²) in [6.07, 6.45) is 2.97. The first-order valence-corrected chi connectivity index (χ1v) is 12.3. The average Bonchev–Trinajstić information content (AvgIpc) is 2.76. The Balaban J connectivity index is 2.90. The number of nitrogens with one attached hydrogen (secondary N) is 3. The lowest BCUT2D eigenvalue weighted by Crippen LogP contribution is -2.54. The van der Waals surface area contributed by atoms with Gasteiger partial charge in [0.2, 0.25) is 11.8 Å². The fraction of sp³-hybridized carbons (Fsp3) is 0.556. The Bertz CT molecular complexity index is 893. The second-order valence-corrected chi connectivity index (χ2v) is 9.97. The molecule has 9 heteroatoms. The number of alkyl carbamates (subject to hydrolysis) is 1. The van der Waals surface area contributed by atoms with Gasteiger partial charge in [0.25, 0.3) is 0 Å². The van der Waals surface area contributed by atoms with Crippen LogP contribution in [0.2, 0.25) is 0 Å². The van der Waals surface area contributed by atoms with Crippen molar-refractivity contribution >= 4 is 23.9 Å². The van der Waals surface area contributed by atoms with Crippen LogP contribution >= 0.6 is 0 Å². The van der Waals surface area contributed by atoms with E-state index < -0.39 is 47.6 Å². The van der Waals surface area contributed by atoms with Crippen molar-refractivity contribution < 1.29 is 28.7 Å². The highest BCUT2D eigenvalue weighted by Crippen LogP contribution is 2.10. The fourth-order valence-electron chi connectivity index (χ4n) is 3.27. The number of esters is 1. The van der Waals surface area contributed by atoms with Crippen LogP contribution in [0.25, 0.3) is 0 Å². The quantitative estimate of drug-likeness (QED) is 0.297. The maximum absolute atomic E-state index is 13.1. The number of carbonyl (C=O) groups is 4. The predicted octanol–water partition coefficient (Wildman–Crippen LogP) is 3.28. The molecule has 36 heavy (non-hydrogen) atoms. The Hall–Kier alpha value is -3.36. The number of amides is 3. The van der Waals surface area contributed by atoms with Crippen molar-refractivity contribution in [2.75, 3.05) is 6.61 Å². The number of benzene rings is 1. The van der Waals surface area contributed by atoms with Crippen LogP contribution in [0.4, 0.5) is 4.79 Å². The van der Waals surface area contributed by atoms with Gasteiger partial charge in [-0.3, -0.25) is 9.59 Å². The molecule has 3 atom stereocenters. The molecule has 3 amide bonds. The van der Waals surface area contributed by atoms with E-state index >= 15 is 0 Å². The molecule has 1 rings (SSSR count). The number of rotatable bonds is 12. The Kier molecular flexibility index (Phi) is 12.7. The second-order valence-electron chi connectivity index (χ2n) is 9.97. The van der Waals surface area contributed by atoms with Crippen molar-refractivity contribution in [2.45, 2.75) is 85.0 Å². The maximum Gasteiger partial charge on any atom is 0.408 e. The lowest BCUT2D eigenvalue weighted by atomic mass is 10.0. The molecule has 3 N–H and O–H groups in total. The normalized spacial score (nSPS) is 14.0. The smallest absolute Gasteiger partial charge is 0.408 e. The predicted molar refractivity (Wildman–Crippen MR) is 138 cm³/mol. The summed E-state index contributed by atoms with van der Waals surface area (Å²) in [4.78, 5) is 50.0. The summed E-state index contributed by atoms with van der Waals surface area (Å²) in [5.74, 6) is -1.17. The van der Waals surface area contributed by atoms with Crippen LogP contribution in [0, 0.1) is 5.92 Å². The van der Waals surface area contributed by atoms with Crippen molar-refractivity contribution in [3.8, 4) is 0 Å². The Labute approximate surface area is 214 Å². The van der Waals surface area contributed by atoms with Crippen LogP contribution in [0.3, 0.4) is 0 Å².